The van der Waals surface area contributed by atoms with Crippen molar-refractivity contribution >= 4 is 18.0 Å². The molecule has 10 nitrogen and oxygen atoms in total. The van der Waals surface area contributed by atoms with Crippen molar-refractivity contribution in [3.63, 3.8) is 0 Å². The molecule has 1 heterocycles. The first kappa shape index (κ1) is 23.3. The van der Waals surface area contributed by atoms with Gasteiger partial charge in [-0.15, -0.1) is 0 Å². The highest BCUT2D eigenvalue weighted by atomic mass is 16.5. The minimum absolute atomic E-state index is 0.00339. The highest BCUT2D eigenvalue weighted by molar-refractivity contribution is 5.89. The predicted octanol–water partition coefficient (Wildman–Crippen LogP) is 1.76. The van der Waals surface area contributed by atoms with Crippen molar-refractivity contribution in [2.45, 2.75) is 31.5 Å². The van der Waals surface area contributed by atoms with Crippen LogP contribution in [-0.4, -0.2) is 50.2 Å². The van der Waals surface area contributed by atoms with Crippen LogP contribution in [0.15, 0.2) is 67.1 Å². The molecule has 3 rings (SSSR count). The Hall–Kier alpha value is -4.34. The van der Waals surface area contributed by atoms with E-state index in [9.17, 15) is 24.6 Å². The molecule has 1 aromatic heterocycles. The number of aromatic nitrogens is 2. The van der Waals surface area contributed by atoms with Crippen molar-refractivity contribution < 1.29 is 29.3 Å². The third-order valence-electron chi connectivity index (χ3n) is 4.79. The van der Waals surface area contributed by atoms with E-state index in [1.165, 1.54) is 24.7 Å². The van der Waals surface area contributed by atoms with Crippen molar-refractivity contribution in [1.82, 2.24) is 20.6 Å². The van der Waals surface area contributed by atoms with Gasteiger partial charge in [0.05, 0.1) is 6.33 Å². The fraction of sp³-hybridized carbons (Fsp3) is 0.217. The summed E-state index contributed by atoms with van der Waals surface area (Å²) in [5.74, 6) is -1.87. The number of hydrogen-bond donors (Lipinski definition) is 5. The van der Waals surface area contributed by atoms with Gasteiger partial charge in [-0.05, 0) is 23.3 Å². The van der Waals surface area contributed by atoms with Crippen LogP contribution in [0.5, 0.6) is 5.75 Å². The molecule has 3 aromatic rings. The maximum absolute atomic E-state index is 12.9. The highest BCUT2D eigenvalue weighted by Gasteiger charge is 2.28. The standard InChI is InChI=1S/C23H24N4O6/c28-18-8-6-15(7-9-18)10-20(22(30)31)26-21(29)19(11-17-12-24-14-25-17)27-23(32)33-13-16-4-2-1-3-5-16/h1-9,12,14,19-20,28H,10-11,13H2,(H,24,25)(H,26,29)(H,27,32)(H,30,31)/t19-,20+/m0/s1. The molecule has 2 aromatic carbocycles. The molecule has 0 aliphatic carbocycles. The first-order chi connectivity index (χ1) is 15.9. The fourth-order valence-electron chi connectivity index (χ4n) is 3.07. The Labute approximate surface area is 189 Å². The van der Waals surface area contributed by atoms with Crippen LogP contribution in [0.4, 0.5) is 4.79 Å². The maximum Gasteiger partial charge on any atom is 0.408 e. The number of carbonyl (C=O) groups is 3. The quantitative estimate of drug-likeness (QED) is 0.314. The van der Waals surface area contributed by atoms with Gasteiger partial charge in [0.2, 0.25) is 5.91 Å². The summed E-state index contributed by atoms with van der Waals surface area (Å²) in [6.07, 6.45) is 2.17. The molecule has 172 valence electrons. The number of phenolic OH excluding ortho intramolecular Hbond substituents is 1. The van der Waals surface area contributed by atoms with E-state index in [1.807, 2.05) is 18.2 Å². The second-order valence-electron chi connectivity index (χ2n) is 7.31. The predicted molar refractivity (Wildman–Crippen MR) is 117 cm³/mol. The number of hydrogen-bond acceptors (Lipinski definition) is 6. The summed E-state index contributed by atoms with van der Waals surface area (Å²) in [6.45, 7) is 0.0175. The monoisotopic (exact) mass is 452 g/mol. The van der Waals surface area contributed by atoms with Gasteiger partial charge in [-0.2, -0.15) is 0 Å². The largest absolute Gasteiger partial charge is 0.508 e. The van der Waals surface area contributed by atoms with Gasteiger partial charge in [0, 0.05) is 24.7 Å². The Morgan fingerprint density at radius 1 is 0.939 bits per heavy atom. The lowest BCUT2D eigenvalue weighted by Crippen LogP contribution is -2.53. The number of carbonyl (C=O) groups excluding carboxylic acids is 2. The number of ether oxygens (including phenoxy) is 1. The van der Waals surface area contributed by atoms with Gasteiger partial charge >= 0.3 is 12.1 Å². The van der Waals surface area contributed by atoms with E-state index in [0.717, 1.165) is 5.56 Å². The topological polar surface area (TPSA) is 154 Å². The van der Waals surface area contributed by atoms with Crippen LogP contribution in [0.2, 0.25) is 0 Å². The number of H-pyrrole nitrogens is 1. The minimum atomic E-state index is -1.24. The number of imidazole rings is 1. The lowest BCUT2D eigenvalue weighted by atomic mass is 10.0. The number of nitrogens with zero attached hydrogens (tertiary/aromatic N) is 1. The van der Waals surface area contributed by atoms with Crippen molar-refractivity contribution in [1.29, 1.82) is 0 Å². The molecule has 0 unspecified atom stereocenters. The van der Waals surface area contributed by atoms with Crippen LogP contribution >= 0.6 is 0 Å². The molecule has 0 aliphatic rings. The van der Waals surface area contributed by atoms with E-state index in [4.69, 9.17) is 4.74 Å². The highest BCUT2D eigenvalue weighted by Crippen LogP contribution is 2.12. The normalized spacial score (nSPS) is 12.4. The molecule has 5 N–H and O–H groups in total. The molecule has 0 spiro atoms. The van der Waals surface area contributed by atoms with Crippen LogP contribution in [0.3, 0.4) is 0 Å². The van der Waals surface area contributed by atoms with Crippen LogP contribution < -0.4 is 10.6 Å². The van der Waals surface area contributed by atoms with Crippen LogP contribution in [0.25, 0.3) is 0 Å². The van der Waals surface area contributed by atoms with E-state index < -0.39 is 30.1 Å². The Balaban J connectivity index is 1.66. The first-order valence-corrected chi connectivity index (χ1v) is 10.2. The zero-order valence-electron chi connectivity index (χ0n) is 17.6. The van der Waals surface area contributed by atoms with E-state index in [2.05, 4.69) is 20.6 Å². The summed E-state index contributed by atoms with van der Waals surface area (Å²) in [4.78, 5) is 43.7. The number of amides is 2. The van der Waals surface area contributed by atoms with Gasteiger partial charge in [-0.25, -0.2) is 14.6 Å². The maximum atomic E-state index is 12.9. The molecule has 0 bridgehead atoms. The van der Waals surface area contributed by atoms with Gasteiger partial charge in [-0.3, -0.25) is 4.79 Å². The number of nitrogens with one attached hydrogen (secondary N) is 3. The number of aromatic hydroxyl groups is 1. The summed E-state index contributed by atoms with van der Waals surface area (Å²) >= 11 is 0. The van der Waals surface area contributed by atoms with Gasteiger partial charge in [0.15, 0.2) is 0 Å². The van der Waals surface area contributed by atoms with Gasteiger partial charge in [0.25, 0.3) is 0 Å². The van der Waals surface area contributed by atoms with Gasteiger partial charge in [-0.1, -0.05) is 42.5 Å². The second-order valence-corrected chi connectivity index (χ2v) is 7.31. The molecule has 0 saturated heterocycles. The molecule has 0 aliphatic heterocycles. The number of alkyl carbamates (subject to hydrolysis) is 1. The number of phenols is 1. The van der Waals surface area contributed by atoms with E-state index >= 15 is 0 Å². The molecule has 0 saturated carbocycles. The number of carboxylic acid groups (broad SMARTS) is 1. The van der Waals surface area contributed by atoms with Crippen LogP contribution in [0, 0.1) is 0 Å². The molecule has 10 heteroatoms. The average molecular weight is 452 g/mol. The van der Waals surface area contributed by atoms with Crippen molar-refractivity contribution in [2.75, 3.05) is 0 Å². The average Bonchev–Trinajstić information content (AvgIpc) is 3.32. The van der Waals surface area contributed by atoms with E-state index in [-0.39, 0.29) is 25.2 Å². The van der Waals surface area contributed by atoms with Crippen molar-refractivity contribution in [2.24, 2.45) is 0 Å². The number of aromatic amines is 1. The third-order valence-corrected chi connectivity index (χ3v) is 4.79. The first-order valence-electron chi connectivity index (χ1n) is 10.2. The molecule has 2 atom stereocenters. The lowest BCUT2D eigenvalue weighted by Gasteiger charge is -2.21. The Kier molecular flexibility index (Phi) is 8.01. The second kappa shape index (κ2) is 11.3. The number of benzene rings is 2. The summed E-state index contributed by atoms with van der Waals surface area (Å²) in [7, 11) is 0. The molecular weight excluding hydrogens is 428 g/mol. The number of aliphatic carboxylic acids is 1. The Bertz CT molecular complexity index is 1050. The minimum Gasteiger partial charge on any atom is -0.508 e. The van der Waals surface area contributed by atoms with E-state index in [1.54, 1.807) is 24.3 Å². The molecular formula is C23H24N4O6. The zero-order chi connectivity index (χ0) is 23.6. The fourth-order valence-corrected chi connectivity index (χ4v) is 3.07. The summed E-state index contributed by atoms with van der Waals surface area (Å²) in [5.41, 5.74) is 1.96. The van der Waals surface area contributed by atoms with Gasteiger partial charge in [0.1, 0.15) is 24.4 Å². The number of rotatable bonds is 10. The smallest absolute Gasteiger partial charge is 0.408 e. The molecule has 33 heavy (non-hydrogen) atoms. The zero-order valence-corrected chi connectivity index (χ0v) is 17.6. The summed E-state index contributed by atoms with van der Waals surface area (Å²) < 4.78 is 5.19. The summed E-state index contributed by atoms with van der Waals surface area (Å²) in [5, 5.41) is 23.9. The Morgan fingerprint density at radius 2 is 1.67 bits per heavy atom. The number of carboxylic acids is 1. The van der Waals surface area contributed by atoms with E-state index in [0.29, 0.717) is 11.3 Å². The van der Waals surface area contributed by atoms with Crippen molar-refractivity contribution in [3.8, 4) is 5.75 Å². The molecule has 0 radical (unpaired) electrons. The SMILES string of the molecule is O=C(N[C@@H](Cc1cnc[nH]1)C(=O)N[C@H](Cc1ccc(O)cc1)C(=O)O)OCc1ccccc1. The molecule has 0 fully saturated rings. The van der Waals surface area contributed by atoms with Gasteiger partial charge < -0.3 is 30.6 Å². The summed E-state index contributed by atoms with van der Waals surface area (Å²) in [6, 6.07) is 12.7. The van der Waals surface area contributed by atoms with Crippen LogP contribution in [-0.2, 0) is 33.8 Å². The van der Waals surface area contributed by atoms with Crippen LogP contribution in [0.1, 0.15) is 16.8 Å². The Morgan fingerprint density at radius 3 is 2.30 bits per heavy atom. The van der Waals surface area contributed by atoms with Crippen molar-refractivity contribution in [3.05, 3.63) is 83.9 Å². The third kappa shape index (κ3) is 7.39. The molecule has 2 amide bonds. The lowest BCUT2D eigenvalue weighted by molar-refractivity contribution is -0.142.